The molecule has 0 bridgehead atoms. The SMILES string of the molecule is CNC(Cc1cncc(Br)c1)C1CCC(C)(C)CC1. The number of likely N-dealkylation sites (N-methyl/N-ethyl adjacent to an activating group) is 1. The third-order valence-electron chi connectivity index (χ3n) is 4.54. The van der Waals surface area contributed by atoms with Gasteiger partial charge in [0.25, 0.3) is 0 Å². The highest BCUT2D eigenvalue weighted by atomic mass is 79.9. The van der Waals surface area contributed by atoms with E-state index in [0.29, 0.717) is 11.5 Å². The molecule has 0 radical (unpaired) electrons. The van der Waals surface area contributed by atoms with Gasteiger partial charge in [0.05, 0.1) is 0 Å². The molecule has 1 heterocycles. The maximum absolute atomic E-state index is 4.27. The Kier molecular flexibility index (Phi) is 5.02. The molecule has 106 valence electrons. The number of rotatable bonds is 4. The van der Waals surface area contributed by atoms with Crippen molar-refractivity contribution in [2.24, 2.45) is 11.3 Å². The molecule has 2 rings (SSSR count). The van der Waals surface area contributed by atoms with E-state index in [-0.39, 0.29) is 0 Å². The van der Waals surface area contributed by atoms with E-state index in [9.17, 15) is 0 Å². The van der Waals surface area contributed by atoms with Gasteiger partial charge in [0.2, 0.25) is 0 Å². The van der Waals surface area contributed by atoms with Crippen LogP contribution in [-0.4, -0.2) is 18.1 Å². The number of hydrogen-bond acceptors (Lipinski definition) is 2. The normalized spacial score (nSPS) is 21.3. The van der Waals surface area contributed by atoms with E-state index in [0.717, 1.165) is 16.8 Å². The Morgan fingerprint density at radius 3 is 2.63 bits per heavy atom. The van der Waals surface area contributed by atoms with Crippen molar-refractivity contribution in [3.8, 4) is 0 Å². The van der Waals surface area contributed by atoms with Crippen LogP contribution in [0.4, 0.5) is 0 Å². The van der Waals surface area contributed by atoms with E-state index in [1.165, 1.54) is 31.2 Å². The predicted molar refractivity (Wildman–Crippen MR) is 84.2 cm³/mol. The Morgan fingerprint density at radius 2 is 2.05 bits per heavy atom. The predicted octanol–water partition coefficient (Wildman–Crippen LogP) is 4.19. The lowest BCUT2D eigenvalue weighted by Gasteiger charge is -2.38. The van der Waals surface area contributed by atoms with Crippen LogP contribution in [0.3, 0.4) is 0 Å². The molecule has 0 amide bonds. The van der Waals surface area contributed by atoms with E-state index in [2.05, 4.69) is 53.2 Å². The minimum atomic E-state index is 0.548. The summed E-state index contributed by atoms with van der Waals surface area (Å²) in [5.41, 5.74) is 1.87. The molecular formula is C16H25BrN2. The zero-order valence-corrected chi connectivity index (χ0v) is 13.8. The van der Waals surface area contributed by atoms with Crippen molar-refractivity contribution >= 4 is 15.9 Å². The fourth-order valence-corrected chi connectivity index (χ4v) is 3.56. The molecule has 1 N–H and O–H groups in total. The first-order valence-electron chi connectivity index (χ1n) is 7.27. The highest BCUT2D eigenvalue weighted by Gasteiger charge is 2.30. The molecule has 3 heteroatoms. The van der Waals surface area contributed by atoms with Gasteiger partial charge in [-0.05, 0) is 78.0 Å². The molecule has 0 aliphatic heterocycles. The zero-order chi connectivity index (χ0) is 13.9. The summed E-state index contributed by atoms with van der Waals surface area (Å²) in [5, 5.41) is 3.52. The van der Waals surface area contributed by atoms with Crippen molar-refractivity contribution in [1.82, 2.24) is 10.3 Å². The van der Waals surface area contributed by atoms with Gasteiger partial charge >= 0.3 is 0 Å². The minimum Gasteiger partial charge on any atom is -0.316 e. The van der Waals surface area contributed by atoms with Crippen molar-refractivity contribution in [1.29, 1.82) is 0 Å². The topological polar surface area (TPSA) is 24.9 Å². The van der Waals surface area contributed by atoms with Crippen LogP contribution < -0.4 is 5.32 Å². The molecule has 1 saturated carbocycles. The van der Waals surface area contributed by atoms with E-state index >= 15 is 0 Å². The second kappa shape index (κ2) is 6.36. The number of aromatic nitrogens is 1. The summed E-state index contributed by atoms with van der Waals surface area (Å²) in [6.07, 6.45) is 10.3. The molecule has 0 spiro atoms. The monoisotopic (exact) mass is 324 g/mol. The van der Waals surface area contributed by atoms with Gasteiger partial charge in [0.1, 0.15) is 0 Å². The molecule has 1 unspecified atom stereocenters. The summed E-state index contributed by atoms with van der Waals surface area (Å²) in [7, 11) is 2.09. The summed E-state index contributed by atoms with van der Waals surface area (Å²) >= 11 is 3.50. The Morgan fingerprint density at radius 1 is 1.37 bits per heavy atom. The fraction of sp³-hybridized carbons (Fsp3) is 0.688. The van der Waals surface area contributed by atoms with Crippen LogP contribution in [0.5, 0.6) is 0 Å². The van der Waals surface area contributed by atoms with Crippen LogP contribution in [0.25, 0.3) is 0 Å². The van der Waals surface area contributed by atoms with Crippen LogP contribution >= 0.6 is 15.9 Å². The van der Waals surface area contributed by atoms with Crippen molar-refractivity contribution in [3.05, 3.63) is 28.5 Å². The first kappa shape index (κ1) is 15.0. The van der Waals surface area contributed by atoms with Crippen LogP contribution in [0.1, 0.15) is 45.1 Å². The van der Waals surface area contributed by atoms with Crippen molar-refractivity contribution in [2.45, 2.75) is 52.0 Å². The molecule has 1 aliphatic carbocycles. The Hall–Kier alpha value is -0.410. The second-order valence-electron chi connectivity index (χ2n) is 6.61. The molecule has 2 nitrogen and oxygen atoms in total. The van der Waals surface area contributed by atoms with Crippen LogP contribution in [0.2, 0.25) is 0 Å². The number of nitrogens with one attached hydrogen (secondary N) is 1. The fourth-order valence-electron chi connectivity index (χ4n) is 3.15. The third kappa shape index (κ3) is 4.28. The largest absolute Gasteiger partial charge is 0.316 e. The average molecular weight is 325 g/mol. The number of pyridine rings is 1. The van der Waals surface area contributed by atoms with Crippen LogP contribution in [-0.2, 0) is 6.42 Å². The van der Waals surface area contributed by atoms with E-state index in [1.807, 2.05) is 12.4 Å². The second-order valence-corrected chi connectivity index (χ2v) is 7.53. The lowest BCUT2D eigenvalue weighted by Crippen LogP contribution is -2.38. The maximum atomic E-state index is 4.27. The molecule has 0 saturated heterocycles. The maximum Gasteiger partial charge on any atom is 0.0410 e. The number of halogens is 1. The Balaban J connectivity index is 1.97. The summed E-state index contributed by atoms with van der Waals surface area (Å²) in [4.78, 5) is 4.27. The average Bonchev–Trinajstić information content (AvgIpc) is 2.36. The van der Waals surface area contributed by atoms with E-state index in [4.69, 9.17) is 0 Å². The Bertz CT molecular complexity index is 407. The van der Waals surface area contributed by atoms with Crippen molar-refractivity contribution in [2.75, 3.05) is 7.05 Å². The number of hydrogen-bond donors (Lipinski definition) is 1. The molecular weight excluding hydrogens is 300 g/mol. The smallest absolute Gasteiger partial charge is 0.0410 e. The standard InChI is InChI=1S/C16H25BrN2/c1-16(2)6-4-13(5-7-16)15(18-3)9-12-8-14(17)11-19-10-12/h8,10-11,13,15,18H,4-7,9H2,1-3H3. The van der Waals surface area contributed by atoms with E-state index in [1.54, 1.807) is 0 Å². The minimum absolute atomic E-state index is 0.548. The summed E-state index contributed by atoms with van der Waals surface area (Å²) < 4.78 is 1.07. The molecule has 1 atom stereocenters. The van der Waals surface area contributed by atoms with Crippen molar-refractivity contribution < 1.29 is 0 Å². The van der Waals surface area contributed by atoms with Gasteiger partial charge in [0.15, 0.2) is 0 Å². The summed E-state index contributed by atoms with van der Waals surface area (Å²) in [6, 6.07) is 2.76. The van der Waals surface area contributed by atoms with E-state index < -0.39 is 0 Å². The highest BCUT2D eigenvalue weighted by Crippen LogP contribution is 2.39. The van der Waals surface area contributed by atoms with Gasteiger partial charge in [-0.1, -0.05) is 13.8 Å². The van der Waals surface area contributed by atoms with Gasteiger partial charge in [-0.25, -0.2) is 0 Å². The molecule has 1 aromatic heterocycles. The molecule has 1 aliphatic rings. The molecule has 19 heavy (non-hydrogen) atoms. The van der Waals surface area contributed by atoms with Gasteiger partial charge in [-0.2, -0.15) is 0 Å². The van der Waals surface area contributed by atoms with Crippen LogP contribution in [0, 0.1) is 11.3 Å². The summed E-state index contributed by atoms with van der Waals surface area (Å²) in [6.45, 7) is 4.80. The molecule has 1 fully saturated rings. The van der Waals surface area contributed by atoms with Gasteiger partial charge in [0, 0.05) is 22.9 Å². The van der Waals surface area contributed by atoms with Crippen molar-refractivity contribution in [3.63, 3.8) is 0 Å². The first-order chi connectivity index (χ1) is 9.00. The van der Waals surface area contributed by atoms with Crippen LogP contribution in [0.15, 0.2) is 22.9 Å². The van der Waals surface area contributed by atoms with Gasteiger partial charge in [-0.15, -0.1) is 0 Å². The number of nitrogens with zero attached hydrogens (tertiary/aromatic N) is 1. The summed E-state index contributed by atoms with van der Waals surface area (Å²) in [5.74, 6) is 0.803. The third-order valence-corrected chi connectivity index (χ3v) is 4.97. The lowest BCUT2D eigenvalue weighted by molar-refractivity contribution is 0.163. The highest BCUT2D eigenvalue weighted by molar-refractivity contribution is 9.10. The lowest BCUT2D eigenvalue weighted by atomic mass is 9.70. The molecule has 0 aromatic carbocycles. The Labute approximate surface area is 125 Å². The quantitative estimate of drug-likeness (QED) is 0.898. The molecule has 1 aromatic rings. The van der Waals surface area contributed by atoms with Gasteiger partial charge < -0.3 is 5.32 Å². The van der Waals surface area contributed by atoms with Gasteiger partial charge in [-0.3, -0.25) is 4.98 Å². The zero-order valence-electron chi connectivity index (χ0n) is 12.2. The first-order valence-corrected chi connectivity index (χ1v) is 8.06.